The molecule has 0 radical (unpaired) electrons. The first kappa shape index (κ1) is 26.9. The van der Waals surface area contributed by atoms with Crippen molar-refractivity contribution in [2.24, 2.45) is 0 Å². The second kappa shape index (κ2) is 13.4. The fraction of sp³-hybridized carbons (Fsp3) is 0.355. The van der Waals surface area contributed by atoms with E-state index in [2.05, 4.69) is 21.2 Å². The summed E-state index contributed by atoms with van der Waals surface area (Å²) < 4.78 is 6.87. The maximum absolute atomic E-state index is 13.8. The summed E-state index contributed by atoms with van der Waals surface area (Å²) in [5, 5.41) is 3.27. The van der Waals surface area contributed by atoms with Crippen LogP contribution in [0.1, 0.15) is 48.8 Å². The van der Waals surface area contributed by atoms with Crippen molar-refractivity contribution in [3.05, 3.63) is 100 Å². The van der Waals surface area contributed by atoms with Gasteiger partial charge in [0, 0.05) is 23.5 Å². The number of para-hydroxylation sites is 1. The van der Waals surface area contributed by atoms with Gasteiger partial charge in [0.05, 0.1) is 0 Å². The van der Waals surface area contributed by atoms with Gasteiger partial charge in [-0.15, -0.1) is 0 Å². The van der Waals surface area contributed by atoms with Crippen molar-refractivity contribution < 1.29 is 14.3 Å². The first-order valence-corrected chi connectivity index (χ1v) is 13.9. The standard InChI is InChI=1S/C31H35BrN2O3/c1-23-11-8-9-18-29(23)37-22-30(35)34(21-25-14-10-15-26(32)19-25)28(20-24-12-4-2-5-13-24)31(36)33-27-16-6-3-7-17-27/h2,4-5,8-15,18-19,27-28H,3,6-7,16-17,20-22H2,1H3,(H,33,36)/t28-/m1/s1. The van der Waals surface area contributed by atoms with Crippen molar-refractivity contribution in [3.63, 3.8) is 0 Å². The van der Waals surface area contributed by atoms with E-state index in [-0.39, 0.29) is 24.5 Å². The van der Waals surface area contributed by atoms with Crippen LogP contribution in [0.15, 0.2) is 83.3 Å². The second-order valence-electron chi connectivity index (χ2n) is 9.75. The smallest absolute Gasteiger partial charge is 0.261 e. The molecule has 1 aliphatic carbocycles. The predicted octanol–water partition coefficient (Wildman–Crippen LogP) is 6.23. The third-order valence-corrected chi connectivity index (χ3v) is 7.40. The van der Waals surface area contributed by atoms with Crippen molar-refractivity contribution in [1.29, 1.82) is 0 Å². The van der Waals surface area contributed by atoms with E-state index in [1.807, 2.05) is 85.8 Å². The van der Waals surface area contributed by atoms with Gasteiger partial charge in [0.2, 0.25) is 5.91 Å². The zero-order valence-electron chi connectivity index (χ0n) is 21.4. The topological polar surface area (TPSA) is 58.6 Å². The Balaban J connectivity index is 1.62. The number of halogens is 1. The van der Waals surface area contributed by atoms with E-state index in [0.29, 0.717) is 18.7 Å². The molecule has 0 unspecified atom stereocenters. The quantitative estimate of drug-likeness (QED) is 0.319. The number of ether oxygens (including phenoxy) is 1. The highest BCUT2D eigenvalue weighted by Crippen LogP contribution is 2.22. The lowest BCUT2D eigenvalue weighted by Gasteiger charge is -2.33. The normalized spacial score (nSPS) is 14.5. The SMILES string of the molecule is Cc1ccccc1OCC(=O)N(Cc1cccc(Br)c1)[C@H](Cc1ccccc1)C(=O)NC1CCCCC1. The Labute approximate surface area is 228 Å². The molecule has 1 aliphatic rings. The molecular formula is C31H35BrN2O3. The van der Waals surface area contributed by atoms with Gasteiger partial charge in [0.25, 0.3) is 5.91 Å². The number of carbonyl (C=O) groups is 2. The van der Waals surface area contributed by atoms with Crippen LogP contribution < -0.4 is 10.1 Å². The summed E-state index contributed by atoms with van der Waals surface area (Å²) in [5.41, 5.74) is 2.92. The number of rotatable bonds is 10. The average Bonchev–Trinajstić information content (AvgIpc) is 2.91. The summed E-state index contributed by atoms with van der Waals surface area (Å²) in [6.45, 7) is 2.13. The highest BCUT2D eigenvalue weighted by Gasteiger charge is 2.32. The molecule has 0 aliphatic heterocycles. The number of nitrogens with one attached hydrogen (secondary N) is 1. The van der Waals surface area contributed by atoms with Crippen molar-refractivity contribution in [2.45, 2.75) is 64.1 Å². The zero-order chi connectivity index (χ0) is 26.0. The van der Waals surface area contributed by atoms with E-state index in [0.717, 1.165) is 46.8 Å². The van der Waals surface area contributed by atoms with Gasteiger partial charge in [-0.3, -0.25) is 9.59 Å². The molecule has 0 bridgehead atoms. The largest absolute Gasteiger partial charge is 0.484 e. The molecule has 2 amide bonds. The first-order chi connectivity index (χ1) is 18.0. The van der Waals surface area contributed by atoms with Gasteiger partial charge in [-0.2, -0.15) is 0 Å². The lowest BCUT2D eigenvalue weighted by molar-refractivity contribution is -0.143. The van der Waals surface area contributed by atoms with Gasteiger partial charge in [0.15, 0.2) is 6.61 Å². The monoisotopic (exact) mass is 562 g/mol. The van der Waals surface area contributed by atoms with Crippen molar-refractivity contribution in [1.82, 2.24) is 10.2 Å². The van der Waals surface area contributed by atoms with Crippen molar-refractivity contribution >= 4 is 27.7 Å². The van der Waals surface area contributed by atoms with Crippen molar-refractivity contribution in [3.8, 4) is 5.75 Å². The van der Waals surface area contributed by atoms with Gasteiger partial charge in [-0.05, 0) is 54.7 Å². The average molecular weight is 564 g/mol. The highest BCUT2D eigenvalue weighted by atomic mass is 79.9. The summed E-state index contributed by atoms with van der Waals surface area (Å²) in [7, 11) is 0. The minimum atomic E-state index is -0.656. The van der Waals surface area contributed by atoms with Crippen molar-refractivity contribution in [2.75, 3.05) is 6.61 Å². The molecule has 37 heavy (non-hydrogen) atoms. The molecule has 5 nitrogen and oxygen atoms in total. The van der Waals surface area contributed by atoms with Gasteiger partial charge < -0.3 is 15.0 Å². The molecule has 0 saturated heterocycles. The zero-order valence-corrected chi connectivity index (χ0v) is 23.0. The number of hydrogen-bond acceptors (Lipinski definition) is 3. The minimum absolute atomic E-state index is 0.102. The maximum Gasteiger partial charge on any atom is 0.261 e. The Morgan fingerprint density at radius 1 is 0.946 bits per heavy atom. The summed E-state index contributed by atoms with van der Waals surface area (Å²) in [4.78, 5) is 29.2. The van der Waals surface area contributed by atoms with E-state index >= 15 is 0 Å². The van der Waals surface area contributed by atoms with E-state index < -0.39 is 6.04 Å². The van der Waals surface area contributed by atoms with E-state index in [1.165, 1.54) is 6.42 Å². The summed E-state index contributed by atoms with van der Waals surface area (Å²) in [6, 6.07) is 24.9. The maximum atomic E-state index is 13.8. The molecule has 194 valence electrons. The molecule has 1 atom stereocenters. The molecule has 3 aromatic rings. The second-order valence-corrected chi connectivity index (χ2v) is 10.7. The molecule has 0 aromatic heterocycles. The van der Waals surface area contributed by atoms with Gasteiger partial charge in [-0.1, -0.05) is 95.9 Å². The molecule has 0 spiro atoms. The molecule has 1 fully saturated rings. The molecule has 6 heteroatoms. The van der Waals surface area contributed by atoms with Crippen LogP contribution in [0.3, 0.4) is 0 Å². The Morgan fingerprint density at radius 2 is 1.65 bits per heavy atom. The third kappa shape index (κ3) is 7.93. The van der Waals surface area contributed by atoms with E-state index in [4.69, 9.17) is 4.74 Å². The lowest BCUT2D eigenvalue weighted by Crippen LogP contribution is -2.53. The number of carbonyl (C=O) groups excluding carboxylic acids is 2. The number of aryl methyl sites for hydroxylation is 1. The van der Waals surface area contributed by atoms with Crippen LogP contribution in [-0.2, 0) is 22.6 Å². The fourth-order valence-corrected chi connectivity index (χ4v) is 5.32. The Bertz CT molecular complexity index is 1180. The first-order valence-electron chi connectivity index (χ1n) is 13.1. The third-order valence-electron chi connectivity index (χ3n) is 6.91. The molecule has 1 N–H and O–H groups in total. The molecule has 4 rings (SSSR count). The Kier molecular flexibility index (Phi) is 9.78. The number of nitrogens with zero attached hydrogens (tertiary/aromatic N) is 1. The van der Waals surface area contributed by atoms with Crippen LogP contribution in [-0.4, -0.2) is 35.4 Å². The van der Waals surface area contributed by atoms with Gasteiger partial charge in [-0.25, -0.2) is 0 Å². The summed E-state index contributed by atoms with van der Waals surface area (Å²) >= 11 is 3.54. The lowest BCUT2D eigenvalue weighted by atomic mass is 9.94. The molecular weight excluding hydrogens is 528 g/mol. The van der Waals surface area contributed by atoms with E-state index in [9.17, 15) is 9.59 Å². The van der Waals surface area contributed by atoms with Crippen LogP contribution in [0.5, 0.6) is 5.75 Å². The van der Waals surface area contributed by atoms with Crippen LogP contribution in [0.2, 0.25) is 0 Å². The Hall–Kier alpha value is -3.12. The highest BCUT2D eigenvalue weighted by molar-refractivity contribution is 9.10. The predicted molar refractivity (Wildman–Crippen MR) is 150 cm³/mol. The number of hydrogen-bond donors (Lipinski definition) is 1. The van der Waals surface area contributed by atoms with Crippen LogP contribution in [0, 0.1) is 6.92 Å². The minimum Gasteiger partial charge on any atom is -0.484 e. The van der Waals surface area contributed by atoms with Crippen LogP contribution >= 0.6 is 15.9 Å². The van der Waals surface area contributed by atoms with Gasteiger partial charge >= 0.3 is 0 Å². The summed E-state index contributed by atoms with van der Waals surface area (Å²) in [5.74, 6) is 0.350. The van der Waals surface area contributed by atoms with Crippen LogP contribution in [0.25, 0.3) is 0 Å². The van der Waals surface area contributed by atoms with Gasteiger partial charge in [0.1, 0.15) is 11.8 Å². The fourth-order valence-electron chi connectivity index (χ4n) is 4.87. The number of amides is 2. The van der Waals surface area contributed by atoms with Crippen LogP contribution in [0.4, 0.5) is 0 Å². The summed E-state index contributed by atoms with van der Waals surface area (Å²) in [6.07, 6.45) is 5.87. The molecule has 3 aromatic carbocycles. The molecule has 0 heterocycles. The molecule has 1 saturated carbocycles. The number of benzene rings is 3. The van der Waals surface area contributed by atoms with E-state index in [1.54, 1.807) is 4.90 Å². The Morgan fingerprint density at radius 3 is 2.38 bits per heavy atom.